The van der Waals surface area contributed by atoms with Crippen molar-refractivity contribution in [2.45, 2.75) is 19.5 Å². The van der Waals surface area contributed by atoms with Gasteiger partial charge in [0.25, 0.3) is 0 Å². The zero-order chi connectivity index (χ0) is 15.2. The minimum absolute atomic E-state index is 0.0882. The third kappa shape index (κ3) is 4.14. The zero-order valence-electron chi connectivity index (χ0n) is 12.6. The van der Waals surface area contributed by atoms with Crippen molar-refractivity contribution in [3.63, 3.8) is 0 Å². The monoisotopic (exact) mass is 299 g/mol. The first-order chi connectivity index (χ1) is 10.8. The van der Waals surface area contributed by atoms with Crippen LogP contribution in [0.5, 0.6) is 0 Å². The number of hydrogen-bond donors (Lipinski definition) is 1. The van der Waals surface area contributed by atoms with Gasteiger partial charge in [-0.2, -0.15) is 0 Å². The third-order valence-electron chi connectivity index (χ3n) is 3.99. The summed E-state index contributed by atoms with van der Waals surface area (Å²) in [6.07, 6.45) is 4.69. The number of aromatic nitrogens is 3. The Kier molecular flexibility index (Phi) is 4.80. The van der Waals surface area contributed by atoms with Crippen molar-refractivity contribution >= 4 is 5.91 Å². The minimum Gasteiger partial charge on any atom is -0.351 e. The van der Waals surface area contributed by atoms with E-state index in [1.807, 2.05) is 41.2 Å². The number of carbonyl (C=O) groups excluding carboxylic acids is 1. The fourth-order valence-electron chi connectivity index (χ4n) is 2.86. The van der Waals surface area contributed by atoms with Gasteiger partial charge in [0.1, 0.15) is 0 Å². The van der Waals surface area contributed by atoms with Gasteiger partial charge >= 0.3 is 0 Å². The van der Waals surface area contributed by atoms with E-state index >= 15 is 0 Å². The number of carbonyl (C=O) groups is 1. The molecule has 116 valence electrons. The van der Waals surface area contributed by atoms with E-state index in [2.05, 4.69) is 20.5 Å². The van der Waals surface area contributed by atoms with E-state index in [0.29, 0.717) is 19.0 Å². The van der Waals surface area contributed by atoms with Crippen molar-refractivity contribution in [2.75, 3.05) is 19.6 Å². The van der Waals surface area contributed by atoms with Crippen molar-refractivity contribution in [1.82, 2.24) is 25.2 Å². The van der Waals surface area contributed by atoms with Gasteiger partial charge in [0.05, 0.1) is 12.7 Å². The van der Waals surface area contributed by atoms with E-state index in [1.54, 1.807) is 6.20 Å². The highest BCUT2D eigenvalue weighted by Crippen LogP contribution is 2.17. The van der Waals surface area contributed by atoms with E-state index in [4.69, 9.17) is 0 Å². The van der Waals surface area contributed by atoms with Crippen LogP contribution in [0.1, 0.15) is 12.0 Å². The Bertz CT molecular complexity index is 584. The average molecular weight is 299 g/mol. The van der Waals surface area contributed by atoms with Crippen molar-refractivity contribution in [3.8, 4) is 0 Å². The number of hydrogen-bond acceptors (Lipinski definition) is 4. The average Bonchev–Trinajstić information content (AvgIpc) is 3.19. The molecule has 0 bridgehead atoms. The number of likely N-dealkylation sites (tertiary alicyclic amines) is 1. The number of benzene rings is 1. The van der Waals surface area contributed by atoms with Crippen LogP contribution in [-0.2, 0) is 17.9 Å². The van der Waals surface area contributed by atoms with Crippen LogP contribution in [0, 0.1) is 5.92 Å². The molecule has 0 radical (unpaired) electrons. The molecule has 6 heteroatoms. The normalized spacial score (nSPS) is 18.5. The van der Waals surface area contributed by atoms with Gasteiger partial charge in [0.15, 0.2) is 0 Å². The van der Waals surface area contributed by atoms with Crippen molar-refractivity contribution < 1.29 is 4.79 Å². The molecule has 1 atom stereocenters. The van der Waals surface area contributed by atoms with Crippen LogP contribution >= 0.6 is 0 Å². The predicted octanol–water partition coefficient (Wildman–Crippen LogP) is 0.916. The first kappa shape index (κ1) is 14.7. The van der Waals surface area contributed by atoms with E-state index in [9.17, 15) is 4.79 Å². The van der Waals surface area contributed by atoms with Crippen LogP contribution in [0.3, 0.4) is 0 Å². The molecule has 22 heavy (non-hydrogen) atoms. The summed E-state index contributed by atoms with van der Waals surface area (Å²) in [4.78, 5) is 14.2. The zero-order valence-corrected chi connectivity index (χ0v) is 12.6. The molecule has 2 aromatic rings. The largest absolute Gasteiger partial charge is 0.351 e. The highest BCUT2D eigenvalue weighted by atomic mass is 16.2. The molecule has 0 spiro atoms. The molecular formula is C16H21N5O. The molecule has 1 saturated heterocycles. The smallest absolute Gasteiger partial charge is 0.234 e. The highest BCUT2D eigenvalue weighted by Gasteiger charge is 2.24. The first-order valence-electron chi connectivity index (χ1n) is 7.66. The summed E-state index contributed by atoms with van der Waals surface area (Å²) in [7, 11) is 0. The molecule has 1 unspecified atom stereocenters. The Hall–Kier alpha value is -2.21. The maximum atomic E-state index is 12.0. The SMILES string of the molecule is O=C(CN1CCC(Cn2ccnn2)C1)NCc1ccccc1. The molecule has 1 aromatic heterocycles. The topological polar surface area (TPSA) is 63.1 Å². The van der Waals surface area contributed by atoms with Crippen LogP contribution in [-0.4, -0.2) is 45.4 Å². The second kappa shape index (κ2) is 7.17. The van der Waals surface area contributed by atoms with Gasteiger partial charge in [-0.05, 0) is 24.4 Å². The van der Waals surface area contributed by atoms with Crippen molar-refractivity contribution in [1.29, 1.82) is 0 Å². The Morgan fingerprint density at radius 1 is 1.32 bits per heavy atom. The van der Waals surface area contributed by atoms with E-state index in [0.717, 1.165) is 31.6 Å². The molecular weight excluding hydrogens is 278 g/mol. The summed E-state index contributed by atoms with van der Waals surface area (Å²) < 4.78 is 1.86. The summed E-state index contributed by atoms with van der Waals surface area (Å²) in [6, 6.07) is 9.98. The molecule has 1 aliphatic heterocycles. The molecule has 3 rings (SSSR count). The van der Waals surface area contributed by atoms with Gasteiger partial charge in [-0.3, -0.25) is 14.4 Å². The van der Waals surface area contributed by atoms with Crippen molar-refractivity contribution in [3.05, 3.63) is 48.3 Å². The Labute approximate surface area is 130 Å². The lowest BCUT2D eigenvalue weighted by molar-refractivity contribution is -0.122. The van der Waals surface area contributed by atoms with Gasteiger partial charge in [0, 0.05) is 25.8 Å². The predicted molar refractivity (Wildman–Crippen MR) is 82.9 cm³/mol. The van der Waals surface area contributed by atoms with Crippen LogP contribution < -0.4 is 5.32 Å². The number of nitrogens with one attached hydrogen (secondary N) is 1. The number of rotatable bonds is 6. The fraction of sp³-hybridized carbons (Fsp3) is 0.438. The van der Waals surface area contributed by atoms with Gasteiger partial charge in [0.2, 0.25) is 5.91 Å². The molecule has 1 aliphatic rings. The molecule has 2 heterocycles. The summed E-state index contributed by atoms with van der Waals surface area (Å²) in [6.45, 7) is 3.86. The van der Waals surface area contributed by atoms with Crippen LogP contribution in [0.15, 0.2) is 42.7 Å². The molecule has 1 aromatic carbocycles. The lowest BCUT2D eigenvalue weighted by Gasteiger charge is -2.15. The van der Waals surface area contributed by atoms with Crippen LogP contribution in [0.2, 0.25) is 0 Å². The van der Waals surface area contributed by atoms with E-state index < -0.39 is 0 Å². The highest BCUT2D eigenvalue weighted by molar-refractivity contribution is 5.78. The lowest BCUT2D eigenvalue weighted by atomic mass is 10.1. The molecule has 1 amide bonds. The second-order valence-electron chi connectivity index (χ2n) is 5.78. The summed E-state index contributed by atoms with van der Waals surface area (Å²) in [5.74, 6) is 0.633. The molecule has 6 nitrogen and oxygen atoms in total. The molecule has 0 saturated carbocycles. The van der Waals surface area contributed by atoms with Crippen LogP contribution in [0.25, 0.3) is 0 Å². The number of amides is 1. The fourth-order valence-corrected chi connectivity index (χ4v) is 2.86. The van der Waals surface area contributed by atoms with E-state index in [-0.39, 0.29) is 5.91 Å². The third-order valence-corrected chi connectivity index (χ3v) is 3.99. The Morgan fingerprint density at radius 2 is 2.18 bits per heavy atom. The lowest BCUT2D eigenvalue weighted by Crippen LogP contribution is -2.36. The van der Waals surface area contributed by atoms with Gasteiger partial charge < -0.3 is 5.32 Å². The maximum Gasteiger partial charge on any atom is 0.234 e. The van der Waals surface area contributed by atoms with Crippen molar-refractivity contribution in [2.24, 2.45) is 5.92 Å². The molecule has 1 fully saturated rings. The standard InChI is InChI=1S/C16H21N5O/c22-16(17-10-14-4-2-1-3-5-14)13-20-8-6-15(11-20)12-21-9-7-18-19-21/h1-5,7,9,15H,6,8,10-13H2,(H,17,22). The summed E-state index contributed by atoms with van der Waals surface area (Å²) in [5, 5.41) is 10.8. The maximum absolute atomic E-state index is 12.0. The quantitative estimate of drug-likeness (QED) is 0.861. The van der Waals surface area contributed by atoms with Crippen LogP contribution in [0.4, 0.5) is 0 Å². The molecule has 1 N–H and O–H groups in total. The van der Waals surface area contributed by atoms with E-state index in [1.165, 1.54) is 0 Å². The second-order valence-corrected chi connectivity index (χ2v) is 5.78. The Morgan fingerprint density at radius 3 is 2.95 bits per heavy atom. The van der Waals surface area contributed by atoms with Gasteiger partial charge in [-0.15, -0.1) is 5.10 Å². The summed E-state index contributed by atoms with van der Waals surface area (Å²) in [5.41, 5.74) is 1.13. The minimum atomic E-state index is 0.0882. The van der Waals surface area contributed by atoms with Gasteiger partial charge in [-0.1, -0.05) is 35.5 Å². The Balaban J connectivity index is 1.39. The first-order valence-corrected chi connectivity index (χ1v) is 7.66. The summed E-state index contributed by atoms with van der Waals surface area (Å²) >= 11 is 0. The van der Waals surface area contributed by atoms with Gasteiger partial charge in [-0.25, -0.2) is 0 Å². The number of nitrogens with zero attached hydrogens (tertiary/aromatic N) is 4. The molecule has 0 aliphatic carbocycles.